The Labute approximate surface area is 101 Å². The molecule has 0 aliphatic rings. The summed E-state index contributed by atoms with van der Waals surface area (Å²) in [6.45, 7) is 7.83. The van der Waals surface area contributed by atoms with Crippen LogP contribution in [0, 0.1) is 5.92 Å². The van der Waals surface area contributed by atoms with Crippen LogP contribution in [0.25, 0.3) is 0 Å². The smallest absolute Gasteiger partial charge is 0.0263 e. The van der Waals surface area contributed by atoms with Gasteiger partial charge in [-0.1, -0.05) is 46.0 Å². The van der Waals surface area contributed by atoms with Crippen LogP contribution < -0.4 is 5.32 Å². The zero-order chi connectivity index (χ0) is 11.5. The predicted octanol–water partition coefficient (Wildman–Crippen LogP) is 4.20. The highest BCUT2D eigenvalue weighted by Crippen LogP contribution is 2.06. The number of alkyl halides is 1. The molecule has 0 aromatic carbocycles. The lowest BCUT2D eigenvalue weighted by Gasteiger charge is -2.18. The first-order valence-electron chi connectivity index (χ1n) is 6.51. The van der Waals surface area contributed by atoms with Gasteiger partial charge < -0.3 is 5.32 Å². The Morgan fingerprint density at radius 1 is 1.00 bits per heavy atom. The van der Waals surface area contributed by atoms with Crippen molar-refractivity contribution in [1.29, 1.82) is 0 Å². The van der Waals surface area contributed by atoms with Crippen LogP contribution in [0.5, 0.6) is 0 Å². The SMILES string of the molecule is CCCCCCCCNC(C)C(C)CCl. The number of unbranched alkanes of at least 4 members (excludes halogenated alkanes) is 5. The lowest BCUT2D eigenvalue weighted by Crippen LogP contribution is -2.33. The highest BCUT2D eigenvalue weighted by atomic mass is 35.5. The third kappa shape index (κ3) is 9.19. The summed E-state index contributed by atoms with van der Waals surface area (Å²) in [5, 5.41) is 3.54. The number of rotatable bonds is 10. The second-order valence-electron chi connectivity index (χ2n) is 4.64. The maximum atomic E-state index is 5.80. The fourth-order valence-electron chi connectivity index (χ4n) is 1.57. The first-order chi connectivity index (χ1) is 7.22. The summed E-state index contributed by atoms with van der Waals surface area (Å²) < 4.78 is 0. The van der Waals surface area contributed by atoms with Crippen molar-refractivity contribution in [1.82, 2.24) is 5.32 Å². The molecule has 0 aromatic heterocycles. The molecule has 2 atom stereocenters. The summed E-state index contributed by atoms with van der Waals surface area (Å²) in [5.41, 5.74) is 0. The second kappa shape index (κ2) is 10.8. The maximum absolute atomic E-state index is 5.80. The van der Waals surface area contributed by atoms with Gasteiger partial charge in [0.1, 0.15) is 0 Å². The first kappa shape index (κ1) is 15.2. The molecule has 1 nitrogen and oxygen atoms in total. The van der Waals surface area contributed by atoms with E-state index in [1.165, 1.54) is 38.5 Å². The van der Waals surface area contributed by atoms with Gasteiger partial charge in [0.15, 0.2) is 0 Å². The summed E-state index contributed by atoms with van der Waals surface area (Å²) in [4.78, 5) is 0. The van der Waals surface area contributed by atoms with Crippen LogP contribution in [0.1, 0.15) is 59.3 Å². The molecule has 0 bridgehead atoms. The highest BCUT2D eigenvalue weighted by molar-refractivity contribution is 6.18. The molecule has 15 heavy (non-hydrogen) atoms. The van der Waals surface area contributed by atoms with E-state index in [4.69, 9.17) is 11.6 Å². The van der Waals surface area contributed by atoms with Crippen molar-refractivity contribution in [2.45, 2.75) is 65.3 Å². The normalized spacial score (nSPS) is 15.2. The van der Waals surface area contributed by atoms with E-state index in [1.54, 1.807) is 0 Å². The maximum Gasteiger partial charge on any atom is 0.0263 e. The van der Waals surface area contributed by atoms with E-state index >= 15 is 0 Å². The average Bonchev–Trinajstić information content (AvgIpc) is 2.26. The van der Waals surface area contributed by atoms with Gasteiger partial charge in [-0.25, -0.2) is 0 Å². The van der Waals surface area contributed by atoms with Crippen LogP contribution in [-0.4, -0.2) is 18.5 Å². The molecule has 2 heteroatoms. The van der Waals surface area contributed by atoms with Crippen LogP contribution in [0.15, 0.2) is 0 Å². The van der Waals surface area contributed by atoms with Gasteiger partial charge in [-0.05, 0) is 25.8 Å². The van der Waals surface area contributed by atoms with Crippen molar-refractivity contribution in [3.05, 3.63) is 0 Å². The van der Waals surface area contributed by atoms with Gasteiger partial charge in [0.2, 0.25) is 0 Å². The van der Waals surface area contributed by atoms with Gasteiger partial charge in [-0.15, -0.1) is 11.6 Å². The largest absolute Gasteiger partial charge is 0.314 e. The van der Waals surface area contributed by atoms with E-state index in [9.17, 15) is 0 Å². The molecule has 0 saturated heterocycles. The van der Waals surface area contributed by atoms with E-state index in [0.717, 1.165) is 12.4 Å². The Balaban J connectivity index is 3.16. The molecule has 0 heterocycles. The van der Waals surface area contributed by atoms with Crippen LogP contribution in [0.2, 0.25) is 0 Å². The average molecular weight is 234 g/mol. The van der Waals surface area contributed by atoms with Crippen molar-refractivity contribution in [3.8, 4) is 0 Å². The monoisotopic (exact) mass is 233 g/mol. The van der Waals surface area contributed by atoms with Crippen LogP contribution in [0.3, 0.4) is 0 Å². The minimum Gasteiger partial charge on any atom is -0.314 e. The topological polar surface area (TPSA) is 12.0 Å². The fraction of sp³-hybridized carbons (Fsp3) is 1.00. The van der Waals surface area contributed by atoms with E-state index in [2.05, 4.69) is 26.1 Å². The first-order valence-corrected chi connectivity index (χ1v) is 7.05. The number of nitrogens with one attached hydrogen (secondary N) is 1. The van der Waals surface area contributed by atoms with Gasteiger partial charge in [-0.2, -0.15) is 0 Å². The minimum atomic E-state index is 0.554. The molecule has 2 unspecified atom stereocenters. The zero-order valence-corrected chi connectivity index (χ0v) is 11.4. The Hall–Kier alpha value is 0.250. The second-order valence-corrected chi connectivity index (χ2v) is 4.95. The van der Waals surface area contributed by atoms with Gasteiger partial charge >= 0.3 is 0 Å². The molecule has 0 aliphatic heterocycles. The number of hydrogen-bond acceptors (Lipinski definition) is 1. The summed E-state index contributed by atoms with van der Waals surface area (Å²) in [6, 6.07) is 0.554. The van der Waals surface area contributed by atoms with E-state index in [0.29, 0.717) is 12.0 Å². The quantitative estimate of drug-likeness (QED) is 0.441. The molecule has 0 radical (unpaired) electrons. The van der Waals surface area contributed by atoms with Crippen LogP contribution in [-0.2, 0) is 0 Å². The van der Waals surface area contributed by atoms with Gasteiger partial charge in [0, 0.05) is 11.9 Å². The highest BCUT2D eigenvalue weighted by Gasteiger charge is 2.08. The van der Waals surface area contributed by atoms with E-state index in [1.807, 2.05) is 0 Å². The Morgan fingerprint density at radius 3 is 2.20 bits per heavy atom. The molecular weight excluding hydrogens is 206 g/mol. The van der Waals surface area contributed by atoms with Crippen LogP contribution in [0.4, 0.5) is 0 Å². The van der Waals surface area contributed by atoms with Gasteiger partial charge in [-0.3, -0.25) is 0 Å². The molecule has 0 aromatic rings. The lowest BCUT2D eigenvalue weighted by molar-refractivity contribution is 0.422. The fourth-order valence-corrected chi connectivity index (χ4v) is 1.84. The summed E-state index contributed by atoms with van der Waals surface area (Å²) in [6.07, 6.45) is 8.22. The molecule has 0 aliphatic carbocycles. The molecule has 0 saturated carbocycles. The number of halogens is 1. The van der Waals surface area contributed by atoms with Gasteiger partial charge in [0.25, 0.3) is 0 Å². The molecule has 92 valence electrons. The van der Waals surface area contributed by atoms with Gasteiger partial charge in [0.05, 0.1) is 0 Å². The Morgan fingerprint density at radius 2 is 1.60 bits per heavy atom. The van der Waals surface area contributed by atoms with Crippen molar-refractivity contribution in [2.75, 3.05) is 12.4 Å². The minimum absolute atomic E-state index is 0.554. The van der Waals surface area contributed by atoms with E-state index in [-0.39, 0.29) is 0 Å². The van der Waals surface area contributed by atoms with E-state index < -0.39 is 0 Å². The molecule has 0 rings (SSSR count). The standard InChI is InChI=1S/C13H28ClN/c1-4-5-6-7-8-9-10-15-13(3)12(2)11-14/h12-13,15H,4-11H2,1-3H3. The molecule has 1 N–H and O–H groups in total. The molecule has 0 fully saturated rings. The Kier molecular flexibility index (Phi) is 10.9. The summed E-state index contributed by atoms with van der Waals surface area (Å²) in [5.74, 6) is 1.33. The van der Waals surface area contributed by atoms with Crippen molar-refractivity contribution in [2.24, 2.45) is 5.92 Å². The lowest BCUT2D eigenvalue weighted by atomic mass is 10.1. The zero-order valence-electron chi connectivity index (χ0n) is 10.7. The molecule has 0 amide bonds. The van der Waals surface area contributed by atoms with Crippen molar-refractivity contribution < 1.29 is 0 Å². The van der Waals surface area contributed by atoms with Crippen molar-refractivity contribution >= 4 is 11.6 Å². The third-order valence-electron chi connectivity index (χ3n) is 3.09. The predicted molar refractivity (Wildman–Crippen MR) is 70.7 cm³/mol. The summed E-state index contributed by atoms with van der Waals surface area (Å²) in [7, 11) is 0. The molecule has 0 spiro atoms. The Bertz CT molecular complexity index is 128. The van der Waals surface area contributed by atoms with Crippen molar-refractivity contribution in [3.63, 3.8) is 0 Å². The third-order valence-corrected chi connectivity index (χ3v) is 3.58. The molecular formula is C13H28ClN. The number of hydrogen-bond donors (Lipinski definition) is 1. The van der Waals surface area contributed by atoms with Crippen LogP contribution >= 0.6 is 11.6 Å². The summed E-state index contributed by atoms with van der Waals surface area (Å²) >= 11 is 5.80.